The highest BCUT2D eigenvalue weighted by Gasteiger charge is 2.25. The Morgan fingerprint density at radius 2 is 1.59 bits per heavy atom. The molecule has 29 heavy (non-hydrogen) atoms. The number of piperazine rings is 1. The zero-order chi connectivity index (χ0) is 19.8. The first-order valence-electron chi connectivity index (χ1n) is 9.71. The molecule has 0 aliphatic carbocycles. The fourth-order valence-electron chi connectivity index (χ4n) is 3.67. The van der Waals surface area contributed by atoms with E-state index in [0.717, 1.165) is 45.5 Å². The van der Waals surface area contributed by atoms with Gasteiger partial charge in [-0.05, 0) is 31.2 Å². The average molecular weight is 404 g/mol. The molecule has 1 aliphatic rings. The van der Waals surface area contributed by atoms with Gasteiger partial charge < -0.3 is 9.80 Å². The van der Waals surface area contributed by atoms with Gasteiger partial charge in [-0.3, -0.25) is 4.79 Å². The van der Waals surface area contributed by atoms with Crippen LogP contribution < -0.4 is 4.90 Å². The van der Waals surface area contributed by atoms with E-state index in [2.05, 4.69) is 10.00 Å². The quantitative estimate of drug-likeness (QED) is 0.523. The highest BCUT2D eigenvalue weighted by Crippen LogP contribution is 2.33. The third-order valence-electron chi connectivity index (χ3n) is 5.24. The molecule has 1 aliphatic heterocycles. The Kier molecular flexibility index (Phi) is 4.52. The van der Waals surface area contributed by atoms with E-state index in [1.54, 1.807) is 11.3 Å². The number of carbonyl (C=O) groups excluding carboxylic acids is 1. The fourth-order valence-corrected chi connectivity index (χ4v) is 4.71. The first-order valence-corrected chi connectivity index (χ1v) is 10.5. The maximum Gasteiger partial charge on any atom is 0.253 e. The molecule has 6 nitrogen and oxygen atoms in total. The standard InChI is InChI=1S/C22H21N5OS/c1-16-19-20(27(24-16)18-10-6-3-7-11-18)23-22(29-19)26-14-12-25(13-15-26)21(28)17-8-4-2-5-9-17/h2-11H,12-15H2,1H3. The van der Waals surface area contributed by atoms with Crippen LogP contribution in [0.3, 0.4) is 0 Å². The molecule has 1 saturated heterocycles. The van der Waals surface area contributed by atoms with Crippen LogP contribution in [-0.4, -0.2) is 51.8 Å². The summed E-state index contributed by atoms with van der Waals surface area (Å²) in [6.45, 7) is 5.00. The van der Waals surface area contributed by atoms with Gasteiger partial charge in [-0.1, -0.05) is 47.7 Å². The van der Waals surface area contributed by atoms with Crippen LogP contribution in [0.2, 0.25) is 0 Å². The molecule has 2 aromatic carbocycles. The van der Waals surface area contributed by atoms with Crippen LogP contribution in [0.4, 0.5) is 5.13 Å². The molecule has 146 valence electrons. The lowest BCUT2D eigenvalue weighted by Crippen LogP contribution is -2.48. The van der Waals surface area contributed by atoms with Gasteiger partial charge in [0.1, 0.15) is 0 Å². The molecule has 0 bridgehead atoms. The Bertz CT molecular complexity index is 1140. The zero-order valence-electron chi connectivity index (χ0n) is 16.2. The summed E-state index contributed by atoms with van der Waals surface area (Å²) in [5.74, 6) is 0.102. The van der Waals surface area contributed by atoms with Crippen molar-refractivity contribution in [1.82, 2.24) is 19.7 Å². The number of aromatic nitrogens is 3. The van der Waals surface area contributed by atoms with Crippen LogP contribution in [0.5, 0.6) is 0 Å². The summed E-state index contributed by atoms with van der Waals surface area (Å²) >= 11 is 1.68. The number of anilines is 1. The molecule has 2 aromatic heterocycles. The van der Waals surface area contributed by atoms with Gasteiger partial charge in [0.15, 0.2) is 10.8 Å². The molecule has 0 unspecified atom stereocenters. The van der Waals surface area contributed by atoms with E-state index in [1.807, 2.05) is 77.2 Å². The number of benzene rings is 2. The number of para-hydroxylation sites is 1. The summed E-state index contributed by atoms with van der Waals surface area (Å²) < 4.78 is 3.03. The largest absolute Gasteiger partial charge is 0.344 e. The number of rotatable bonds is 3. The van der Waals surface area contributed by atoms with Gasteiger partial charge >= 0.3 is 0 Å². The predicted octanol–water partition coefficient (Wildman–Crippen LogP) is 3.75. The number of aryl methyl sites for hydroxylation is 1. The van der Waals surface area contributed by atoms with Crippen molar-refractivity contribution < 1.29 is 4.79 Å². The maximum absolute atomic E-state index is 12.7. The van der Waals surface area contributed by atoms with E-state index >= 15 is 0 Å². The number of nitrogens with zero attached hydrogens (tertiary/aromatic N) is 5. The first kappa shape index (κ1) is 17.9. The average Bonchev–Trinajstić information content (AvgIpc) is 3.35. The minimum absolute atomic E-state index is 0.102. The number of hydrogen-bond acceptors (Lipinski definition) is 5. The summed E-state index contributed by atoms with van der Waals surface area (Å²) in [5, 5.41) is 5.67. The normalized spacial score (nSPS) is 14.5. The van der Waals surface area contributed by atoms with E-state index in [0.29, 0.717) is 13.1 Å². The maximum atomic E-state index is 12.7. The summed E-state index contributed by atoms with van der Waals surface area (Å²) in [6, 6.07) is 19.6. The van der Waals surface area contributed by atoms with Crippen molar-refractivity contribution in [2.45, 2.75) is 6.92 Å². The molecule has 7 heteroatoms. The lowest BCUT2D eigenvalue weighted by molar-refractivity contribution is 0.0747. The smallest absolute Gasteiger partial charge is 0.253 e. The third-order valence-corrected chi connectivity index (χ3v) is 6.45. The van der Waals surface area contributed by atoms with Gasteiger partial charge in [-0.2, -0.15) is 10.1 Å². The van der Waals surface area contributed by atoms with Crippen molar-refractivity contribution in [2.24, 2.45) is 0 Å². The molecule has 0 radical (unpaired) electrons. The summed E-state index contributed by atoms with van der Waals surface area (Å²) in [7, 11) is 0. The molecule has 5 rings (SSSR count). The van der Waals surface area contributed by atoms with Crippen molar-refractivity contribution in [1.29, 1.82) is 0 Å². The third kappa shape index (κ3) is 3.27. The minimum atomic E-state index is 0.102. The predicted molar refractivity (Wildman–Crippen MR) is 116 cm³/mol. The van der Waals surface area contributed by atoms with Crippen molar-refractivity contribution in [2.75, 3.05) is 31.1 Å². The van der Waals surface area contributed by atoms with Crippen molar-refractivity contribution in [3.63, 3.8) is 0 Å². The van der Waals surface area contributed by atoms with E-state index in [4.69, 9.17) is 4.98 Å². The van der Waals surface area contributed by atoms with Crippen molar-refractivity contribution in [3.05, 3.63) is 71.9 Å². The number of amides is 1. The first-order chi connectivity index (χ1) is 14.2. The van der Waals surface area contributed by atoms with E-state index in [-0.39, 0.29) is 5.91 Å². The van der Waals surface area contributed by atoms with Gasteiger partial charge in [0.25, 0.3) is 5.91 Å². The molecule has 0 spiro atoms. The Hall–Kier alpha value is -3.19. The van der Waals surface area contributed by atoms with Gasteiger partial charge in [-0.25, -0.2) is 4.68 Å². The lowest BCUT2D eigenvalue weighted by atomic mass is 10.2. The zero-order valence-corrected chi connectivity index (χ0v) is 17.0. The molecule has 1 amide bonds. The van der Waals surface area contributed by atoms with Gasteiger partial charge in [0, 0.05) is 31.7 Å². The summed E-state index contributed by atoms with van der Waals surface area (Å²) in [4.78, 5) is 21.8. The highest BCUT2D eigenvalue weighted by molar-refractivity contribution is 7.22. The van der Waals surface area contributed by atoms with Gasteiger partial charge in [0.2, 0.25) is 0 Å². The molecule has 4 aromatic rings. The van der Waals surface area contributed by atoms with Crippen LogP contribution in [0, 0.1) is 6.92 Å². The Balaban J connectivity index is 1.36. The Morgan fingerprint density at radius 1 is 0.931 bits per heavy atom. The van der Waals surface area contributed by atoms with Gasteiger partial charge in [-0.15, -0.1) is 0 Å². The van der Waals surface area contributed by atoms with E-state index in [9.17, 15) is 4.79 Å². The summed E-state index contributed by atoms with van der Waals surface area (Å²) in [6.07, 6.45) is 0. The number of thiazole rings is 1. The monoisotopic (exact) mass is 403 g/mol. The fraction of sp³-hybridized carbons (Fsp3) is 0.227. The lowest BCUT2D eigenvalue weighted by Gasteiger charge is -2.34. The number of carbonyl (C=O) groups is 1. The van der Waals surface area contributed by atoms with Crippen molar-refractivity contribution in [3.8, 4) is 5.69 Å². The number of hydrogen-bond donors (Lipinski definition) is 0. The van der Waals surface area contributed by atoms with Crippen LogP contribution in [0.1, 0.15) is 16.1 Å². The second kappa shape index (κ2) is 7.33. The molecule has 1 fully saturated rings. The number of fused-ring (bicyclic) bond motifs is 1. The minimum Gasteiger partial charge on any atom is -0.344 e. The molecule has 0 N–H and O–H groups in total. The van der Waals surface area contributed by atoms with Crippen LogP contribution in [0.15, 0.2) is 60.7 Å². The van der Waals surface area contributed by atoms with Gasteiger partial charge in [0.05, 0.1) is 16.1 Å². The second-order valence-corrected chi connectivity index (χ2v) is 8.10. The molecular weight excluding hydrogens is 382 g/mol. The van der Waals surface area contributed by atoms with Crippen LogP contribution >= 0.6 is 11.3 Å². The SMILES string of the molecule is Cc1nn(-c2ccccc2)c2nc(N3CCN(C(=O)c4ccccc4)CC3)sc12. The molecular formula is C22H21N5OS. The Labute approximate surface area is 173 Å². The van der Waals surface area contributed by atoms with Crippen LogP contribution in [-0.2, 0) is 0 Å². The van der Waals surface area contributed by atoms with Crippen LogP contribution in [0.25, 0.3) is 16.0 Å². The summed E-state index contributed by atoms with van der Waals surface area (Å²) in [5.41, 5.74) is 3.65. The van der Waals surface area contributed by atoms with Crippen molar-refractivity contribution >= 4 is 32.7 Å². The second-order valence-electron chi connectivity index (χ2n) is 7.13. The highest BCUT2D eigenvalue weighted by atomic mass is 32.1. The van der Waals surface area contributed by atoms with E-state index in [1.165, 1.54) is 0 Å². The molecule has 3 heterocycles. The molecule has 0 atom stereocenters. The Morgan fingerprint density at radius 3 is 2.28 bits per heavy atom. The molecule has 0 saturated carbocycles. The van der Waals surface area contributed by atoms with E-state index < -0.39 is 0 Å². The topological polar surface area (TPSA) is 54.3 Å².